The standard InChI is InChI=1S/C10H11N5O2S/c1-5-3-6(16)13-10(12-5)18-8-4-7(17-2)14-9(11)15-8/h3-4H,1-2H3,(H2,11,14,15)(H,12,13,16). The summed E-state index contributed by atoms with van der Waals surface area (Å²) in [5.74, 6) is 0.465. The molecule has 0 atom stereocenters. The molecule has 7 nitrogen and oxygen atoms in total. The van der Waals surface area contributed by atoms with E-state index in [4.69, 9.17) is 10.5 Å². The molecule has 94 valence electrons. The molecule has 8 heteroatoms. The Labute approximate surface area is 107 Å². The number of ether oxygens (including phenoxy) is 1. The van der Waals surface area contributed by atoms with Gasteiger partial charge in [-0.2, -0.15) is 4.98 Å². The van der Waals surface area contributed by atoms with Gasteiger partial charge in [0.25, 0.3) is 5.56 Å². The molecule has 0 saturated heterocycles. The second-order valence-corrected chi connectivity index (χ2v) is 4.41. The summed E-state index contributed by atoms with van der Waals surface area (Å²) in [5, 5.41) is 0.994. The number of aromatic nitrogens is 4. The number of hydrogen-bond acceptors (Lipinski definition) is 7. The van der Waals surface area contributed by atoms with Crippen LogP contribution in [0.1, 0.15) is 5.69 Å². The first kappa shape index (κ1) is 12.4. The minimum atomic E-state index is -0.209. The van der Waals surface area contributed by atoms with Crippen LogP contribution in [0.15, 0.2) is 27.1 Å². The first-order valence-corrected chi connectivity index (χ1v) is 5.83. The van der Waals surface area contributed by atoms with Crippen LogP contribution in [0.3, 0.4) is 0 Å². The predicted molar refractivity (Wildman–Crippen MR) is 66.7 cm³/mol. The molecule has 0 unspecified atom stereocenters. The summed E-state index contributed by atoms with van der Waals surface area (Å²) in [6, 6.07) is 3.03. The number of aromatic amines is 1. The van der Waals surface area contributed by atoms with Crippen molar-refractivity contribution in [2.24, 2.45) is 0 Å². The molecule has 18 heavy (non-hydrogen) atoms. The highest BCUT2D eigenvalue weighted by molar-refractivity contribution is 7.99. The minimum Gasteiger partial charge on any atom is -0.481 e. The molecular formula is C10H11N5O2S. The fourth-order valence-electron chi connectivity index (χ4n) is 1.28. The number of nitrogens with one attached hydrogen (secondary N) is 1. The van der Waals surface area contributed by atoms with Crippen LogP contribution in [0.25, 0.3) is 0 Å². The highest BCUT2D eigenvalue weighted by Crippen LogP contribution is 2.25. The van der Waals surface area contributed by atoms with Crippen molar-refractivity contribution >= 4 is 17.7 Å². The normalized spacial score (nSPS) is 10.3. The van der Waals surface area contributed by atoms with Crippen LogP contribution in [0.5, 0.6) is 5.88 Å². The van der Waals surface area contributed by atoms with E-state index in [-0.39, 0.29) is 11.5 Å². The van der Waals surface area contributed by atoms with Gasteiger partial charge in [-0.25, -0.2) is 9.97 Å². The topological polar surface area (TPSA) is 107 Å². The van der Waals surface area contributed by atoms with Gasteiger partial charge >= 0.3 is 0 Å². The maximum absolute atomic E-state index is 11.3. The van der Waals surface area contributed by atoms with Crippen LogP contribution in [-0.4, -0.2) is 27.0 Å². The first-order valence-electron chi connectivity index (χ1n) is 5.01. The molecule has 0 fully saturated rings. The van der Waals surface area contributed by atoms with Crippen molar-refractivity contribution < 1.29 is 4.74 Å². The van der Waals surface area contributed by atoms with E-state index in [1.807, 2.05) is 0 Å². The Kier molecular flexibility index (Phi) is 3.47. The third kappa shape index (κ3) is 2.98. The average molecular weight is 265 g/mol. The van der Waals surface area contributed by atoms with E-state index in [0.29, 0.717) is 21.8 Å². The zero-order valence-electron chi connectivity index (χ0n) is 9.80. The second kappa shape index (κ2) is 5.05. The van der Waals surface area contributed by atoms with Gasteiger partial charge < -0.3 is 15.5 Å². The Balaban J connectivity index is 2.33. The summed E-state index contributed by atoms with van der Waals surface area (Å²) in [6.07, 6.45) is 0. The Bertz CT molecular complexity index is 628. The molecule has 3 N–H and O–H groups in total. The second-order valence-electron chi connectivity index (χ2n) is 3.40. The van der Waals surface area contributed by atoms with Crippen LogP contribution in [-0.2, 0) is 0 Å². The molecule has 0 spiro atoms. The monoisotopic (exact) mass is 265 g/mol. The zero-order chi connectivity index (χ0) is 13.1. The van der Waals surface area contributed by atoms with Gasteiger partial charge in [-0.3, -0.25) is 4.79 Å². The molecule has 0 aliphatic heterocycles. The molecular weight excluding hydrogens is 254 g/mol. The number of hydrogen-bond donors (Lipinski definition) is 2. The number of methoxy groups -OCH3 is 1. The third-order valence-electron chi connectivity index (χ3n) is 1.95. The van der Waals surface area contributed by atoms with Crippen LogP contribution in [0.4, 0.5) is 5.95 Å². The smallest absolute Gasteiger partial charge is 0.251 e. The molecule has 0 amide bonds. The largest absolute Gasteiger partial charge is 0.481 e. The number of nitrogens with two attached hydrogens (primary N) is 1. The van der Waals surface area contributed by atoms with E-state index in [2.05, 4.69) is 19.9 Å². The summed E-state index contributed by atoms with van der Waals surface area (Å²) in [7, 11) is 1.49. The molecule has 0 aliphatic rings. The number of nitrogens with zero attached hydrogens (tertiary/aromatic N) is 3. The summed E-state index contributed by atoms with van der Waals surface area (Å²) >= 11 is 1.18. The van der Waals surface area contributed by atoms with E-state index in [1.54, 1.807) is 13.0 Å². The maximum atomic E-state index is 11.3. The SMILES string of the molecule is COc1cc(Sc2nc(C)cc(=O)[nH]2)nc(N)n1. The zero-order valence-corrected chi connectivity index (χ0v) is 10.6. The number of rotatable bonds is 3. The lowest BCUT2D eigenvalue weighted by Crippen LogP contribution is -2.08. The van der Waals surface area contributed by atoms with Crippen molar-refractivity contribution in [3.05, 3.63) is 28.2 Å². The molecule has 2 rings (SSSR count). The molecule has 0 aliphatic carbocycles. The Morgan fingerprint density at radius 1 is 1.33 bits per heavy atom. The van der Waals surface area contributed by atoms with Crippen LogP contribution in [0, 0.1) is 6.92 Å². The molecule has 2 aromatic heterocycles. The van der Waals surface area contributed by atoms with Crippen molar-refractivity contribution in [1.82, 2.24) is 19.9 Å². The van der Waals surface area contributed by atoms with Crippen molar-refractivity contribution in [3.8, 4) is 5.88 Å². The van der Waals surface area contributed by atoms with Crippen molar-refractivity contribution in [2.45, 2.75) is 17.1 Å². The number of aryl methyl sites for hydroxylation is 1. The summed E-state index contributed by atoms with van der Waals surface area (Å²) in [4.78, 5) is 26.0. The molecule has 0 bridgehead atoms. The van der Waals surface area contributed by atoms with E-state index in [1.165, 1.54) is 24.9 Å². The van der Waals surface area contributed by atoms with Crippen molar-refractivity contribution in [3.63, 3.8) is 0 Å². The number of nitrogen functional groups attached to an aromatic ring is 1. The van der Waals surface area contributed by atoms with Gasteiger partial charge in [-0.1, -0.05) is 0 Å². The van der Waals surface area contributed by atoms with Crippen LogP contribution in [0.2, 0.25) is 0 Å². The summed E-state index contributed by atoms with van der Waals surface area (Å²) in [5.41, 5.74) is 5.97. The lowest BCUT2D eigenvalue weighted by molar-refractivity contribution is 0.396. The van der Waals surface area contributed by atoms with Gasteiger partial charge in [0.05, 0.1) is 7.11 Å². The quantitative estimate of drug-likeness (QED) is 0.618. The molecule has 0 saturated carbocycles. The van der Waals surface area contributed by atoms with Gasteiger partial charge in [0.2, 0.25) is 11.8 Å². The van der Waals surface area contributed by atoms with Gasteiger partial charge in [-0.15, -0.1) is 0 Å². The lowest BCUT2D eigenvalue weighted by Gasteiger charge is -2.04. The van der Waals surface area contributed by atoms with Gasteiger partial charge in [0.1, 0.15) is 5.03 Å². The van der Waals surface area contributed by atoms with E-state index in [0.717, 1.165) is 0 Å². The summed E-state index contributed by atoms with van der Waals surface area (Å²) < 4.78 is 4.98. The van der Waals surface area contributed by atoms with E-state index < -0.39 is 0 Å². The van der Waals surface area contributed by atoms with Gasteiger partial charge in [0.15, 0.2) is 5.16 Å². The molecule has 0 aromatic carbocycles. The fraction of sp³-hybridized carbons (Fsp3) is 0.200. The lowest BCUT2D eigenvalue weighted by atomic mass is 10.5. The van der Waals surface area contributed by atoms with Crippen LogP contribution >= 0.6 is 11.8 Å². The summed E-state index contributed by atoms with van der Waals surface area (Å²) in [6.45, 7) is 1.74. The highest BCUT2D eigenvalue weighted by Gasteiger charge is 2.07. The molecule has 0 radical (unpaired) electrons. The maximum Gasteiger partial charge on any atom is 0.251 e. The van der Waals surface area contributed by atoms with Crippen molar-refractivity contribution in [2.75, 3.05) is 12.8 Å². The third-order valence-corrected chi connectivity index (χ3v) is 2.76. The Hall–Kier alpha value is -2.09. The number of H-pyrrole nitrogens is 1. The minimum absolute atomic E-state index is 0.104. The van der Waals surface area contributed by atoms with Crippen LogP contribution < -0.4 is 16.0 Å². The predicted octanol–water partition coefficient (Wildman–Crippen LogP) is 0.610. The van der Waals surface area contributed by atoms with Gasteiger partial charge in [-0.05, 0) is 18.7 Å². The van der Waals surface area contributed by atoms with E-state index in [9.17, 15) is 4.79 Å². The van der Waals surface area contributed by atoms with Gasteiger partial charge in [0, 0.05) is 17.8 Å². The van der Waals surface area contributed by atoms with Crippen molar-refractivity contribution in [1.29, 1.82) is 0 Å². The highest BCUT2D eigenvalue weighted by atomic mass is 32.2. The van der Waals surface area contributed by atoms with E-state index >= 15 is 0 Å². The Morgan fingerprint density at radius 2 is 2.11 bits per heavy atom. The first-order chi connectivity index (χ1) is 8.56. The fourth-order valence-corrected chi connectivity index (χ4v) is 2.12. The molecule has 2 heterocycles. The Morgan fingerprint density at radius 3 is 2.78 bits per heavy atom. The number of anilines is 1. The molecule has 2 aromatic rings. The average Bonchev–Trinajstić information content (AvgIpc) is 2.26.